The maximum atomic E-state index is 13.3. The van der Waals surface area contributed by atoms with Gasteiger partial charge in [0.1, 0.15) is 5.75 Å². The number of hydrogen-bond donors (Lipinski definition) is 1. The number of methoxy groups -OCH3 is 1. The minimum atomic E-state index is -0.736. The zero-order valence-electron chi connectivity index (χ0n) is 25.1. The molecular formula is C34H39ClN2O4. The lowest BCUT2D eigenvalue weighted by molar-refractivity contribution is -0.147. The first kappa shape index (κ1) is 30.2. The van der Waals surface area contributed by atoms with Gasteiger partial charge in [-0.05, 0) is 91.8 Å². The minimum Gasteiger partial charge on any atom is -0.479 e. The number of carbonyl (C=O) groups is 2. The minimum absolute atomic E-state index is 0.0351. The van der Waals surface area contributed by atoms with E-state index in [1.54, 1.807) is 19.1 Å². The summed E-state index contributed by atoms with van der Waals surface area (Å²) in [5, 5.41) is 4.78. The van der Waals surface area contributed by atoms with Crippen LogP contribution in [0.3, 0.4) is 0 Å². The molecule has 0 bridgehead atoms. The average molecular weight is 575 g/mol. The molecule has 216 valence electrons. The molecule has 0 aliphatic rings. The Morgan fingerprint density at radius 3 is 2.41 bits per heavy atom. The molecule has 0 spiro atoms. The Labute approximate surface area is 247 Å². The van der Waals surface area contributed by atoms with Crippen LogP contribution in [0.2, 0.25) is 5.02 Å². The van der Waals surface area contributed by atoms with Gasteiger partial charge in [0.15, 0.2) is 6.10 Å². The number of ether oxygens (including phenoxy) is 2. The van der Waals surface area contributed by atoms with Crippen LogP contribution < -0.4 is 10.1 Å². The van der Waals surface area contributed by atoms with Crippen LogP contribution in [0.5, 0.6) is 5.75 Å². The van der Waals surface area contributed by atoms with E-state index >= 15 is 0 Å². The third kappa shape index (κ3) is 6.59. The fraction of sp³-hybridized carbons (Fsp3) is 0.353. The molecule has 7 heteroatoms. The highest BCUT2D eigenvalue weighted by Gasteiger charge is 2.20. The summed E-state index contributed by atoms with van der Waals surface area (Å²) in [6, 6.07) is 19.4. The molecule has 4 rings (SSSR count). The lowest BCUT2D eigenvalue weighted by Gasteiger charge is -2.22. The lowest BCUT2D eigenvalue weighted by Crippen LogP contribution is -2.27. The number of aromatic nitrogens is 1. The molecule has 4 aromatic rings. The molecule has 1 heterocycles. The van der Waals surface area contributed by atoms with E-state index in [2.05, 4.69) is 62.7 Å². The Kier molecular flexibility index (Phi) is 8.83. The smallest absolute Gasteiger partial charge is 0.346 e. The highest BCUT2D eigenvalue weighted by molar-refractivity contribution is 6.31. The van der Waals surface area contributed by atoms with Crippen molar-refractivity contribution in [3.05, 3.63) is 99.2 Å². The number of esters is 1. The molecule has 0 fully saturated rings. The Hall–Kier alpha value is -3.77. The van der Waals surface area contributed by atoms with Gasteiger partial charge in [0, 0.05) is 33.7 Å². The first-order chi connectivity index (χ1) is 19.3. The van der Waals surface area contributed by atoms with Crippen molar-refractivity contribution >= 4 is 34.4 Å². The predicted molar refractivity (Wildman–Crippen MR) is 165 cm³/mol. The fourth-order valence-electron chi connectivity index (χ4n) is 4.97. The lowest BCUT2D eigenvalue weighted by atomic mass is 9.85. The standard InChI is InChI=1S/C34H39ClN2O4/c1-20-22(3)37(19-26-17-28(13-14-30(26)35)41-23(4)33(39)40-8)31-15-12-25(18-29(20)31)32(38)36-21(2)24-10-9-11-27(16-24)34(5,6)7/h9-18,21,23H,19H2,1-8H3,(H,36,38). The summed E-state index contributed by atoms with van der Waals surface area (Å²) in [6.07, 6.45) is -0.736. The van der Waals surface area contributed by atoms with Crippen molar-refractivity contribution in [3.8, 4) is 5.75 Å². The molecule has 0 aliphatic heterocycles. The second-order valence-electron chi connectivity index (χ2n) is 11.6. The number of hydrogen-bond acceptors (Lipinski definition) is 4. The number of nitrogens with zero attached hydrogens (tertiary/aromatic N) is 1. The highest BCUT2D eigenvalue weighted by atomic mass is 35.5. The van der Waals surface area contributed by atoms with Gasteiger partial charge in [-0.15, -0.1) is 0 Å². The van der Waals surface area contributed by atoms with Gasteiger partial charge in [-0.2, -0.15) is 0 Å². The Morgan fingerprint density at radius 1 is 1.00 bits per heavy atom. The Morgan fingerprint density at radius 2 is 1.73 bits per heavy atom. The number of rotatable bonds is 8. The van der Waals surface area contributed by atoms with E-state index in [4.69, 9.17) is 21.1 Å². The summed E-state index contributed by atoms with van der Waals surface area (Å²) >= 11 is 6.57. The van der Waals surface area contributed by atoms with E-state index in [1.807, 2.05) is 37.3 Å². The quantitative estimate of drug-likeness (QED) is 0.219. The summed E-state index contributed by atoms with van der Waals surface area (Å²) in [5.74, 6) is -0.0238. The largest absolute Gasteiger partial charge is 0.479 e. The molecule has 41 heavy (non-hydrogen) atoms. The van der Waals surface area contributed by atoms with Crippen molar-refractivity contribution in [2.24, 2.45) is 0 Å². The third-order valence-electron chi connectivity index (χ3n) is 7.69. The van der Waals surface area contributed by atoms with E-state index in [0.717, 1.165) is 33.3 Å². The molecule has 1 N–H and O–H groups in total. The number of halogens is 1. The van der Waals surface area contributed by atoms with Crippen molar-refractivity contribution in [3.63, 3.8) is 0 Å². The van der Waals surface area contributed by atoms with Crippen molar-refractivity contribution in [2.45, 2.75) is 72.6 Å². The first-order valence-electron chi connectivity index (χ1n) is 13.8. The molecule has 0 radical (unpaired) electrons. The van der Waals surface area contributed by atoms with E-state index in [1.165, 1.54) is 12.7 Å². The van der Waals surface area contributed by atoms with Crippen LogP contribution in [0.25, 0.3) is 10.9 Å². The zero-order chi connectivity index (χ0) is 30.1. The van der Waals surface area contributed by atoms with Crippen LogP contribution in [0.1, 0.15) is 79.0 Å². The number of carbonyl (C=O) groups excluding carboxylic acids is 2. The van der Waals surface area contributed by atoms with Gasteiger partial charge in [-0.3, -0.25) is 4.79 Å². The van der Waals surface area contributed by atoms with E-state index in [9.17, 15) is 9.59 Å². The maximum absolute atomic E-state index is 13.3. The zero-order valence-corrected chi connectivity index (χ0v) is 25.8. The van der Waals surface area contributed by atoms with E-state index in [0.29, 0.717) is 22.9 Å². The Bertz CT molecular complexity index is 1600. The van der Waals surface area contributed by atoms with Gasteiger partial charge in [-0.1, -0.05) is 56.6 Å². The van der Waals surface area contributed by atoms with Gasteiger partial charge in [0.2, 0.25) is 0 Å². The molecule has 0 aliphatic carbocycles. The fourth-order valence-corrected chi connectivity index (χ4v) is 5.14. The van der Waals surface area contributed by atoms with E-state index < -0.39 is 12.1 Å². The van der Waals surface area contributed by atoms with Crippen LogP contribution in [0, 0.1) is 13.8 Å². The summed E-state index contributed by atoms with van der Waals surface area (Å²) in [5.41, 5.74) is 7.00. The molecule has 0 saturated carbocycles. The molecule has 6 nitrogen and oxygen atoms in total. The molecule has 1 aromatic heterocycles. The summed E-state index contributed by atoms with van der Waals surface area (Å²) < 4.78 is 12.7. The monoisotopic (exact) mass is 574 g/mol. The van der Waals surface area contributed by atoms with Crippen molar-refractivity contribution in [1.82, 2.24) is 9.88 Å². The topological polar surface area (TPSA) is 69.6 Å². The molecule has 2 atom stereocenters. The summed E-state index contributed by atoms with van der Waals surface area (Å²) in [4.78, 5) is 25.1. The SMILES string of the molecule is COC(=O)C(C)Oc1ccc(Cl)c(Cn2c(C)c(C)c3cc(C(=O)NC(C)c4cccc(C(C)(C)C)c4)ccc32)c1. The summed E-state index contributed by atoms with van der Waals surface area (Å²) in [7, 11) is 1.33. The average Bonchev–Trinajstić information content (AvgIpc) is 3.18. The molecule has 1 amide bonds. The summed E-state index contributed by atoms with van der Waals surface area (Å²) in [6.45, 7) is 14.8. The van der Waals surface area contributed by atoms with Crippen LogP contribution in [-0.4, -0.2) is 29.7 Å². The second-order valence-corrected chi connectivity index (χ2v) is 12.0. The van der Waals surface area contributed by atoms with Crippen molar-refractivity contribution < 1.29 is 19.1 Å². The van der Waals surface area contributed by atoms with E-state index in [-0.39, 0.29) is 17.4 Å². The van der Waals surface area contributed by atoms with Gasteiger partial charge in [-0.25, -0.2) is 4.79 Å². The molecule has 2 unspecified atom stereocenters. The van der Waals surface area contributed by atoms with Gasteiger partial charge in [0.25, 0.3) is 5.91 Å². The number of benzene rings is 3. The maximum Gasteiger partial charge on any atom is 0.346 e. The third-order valence-corrected chi connectivity index (χ3v) is 8.06. The predicted octanol–water partition coefficient (Wildman–Crippen LogP) is 7.69. The van der Waals surface area contributed by atoms with Crippen LogP contribution in [0.4, 0.5) is 0 Å². The molecular weight excluding hydrogens is 536 g/mol. The number of aryl methyl sites for hydroxylation is 1. The molecule has 3 aromatic carbocycles. The van der Waals surface area contributed by atoms with Crippen LogP contribution in [-0.2, 0) is 21.5 Å². The number of fused-ring (bicyclic) bond motifs is 1. The van der Waals surface area contributed by atoms with Gasteiger partial charge < -0.3 is 19.4 Å². The number of amides is 1. The van der Waals surface area contributed by atoms with Gasteiger partial charge >= 0.3 is 5.97 Å². The van der Waals surface area contributed by atoms with Crippen LogP contribution >= 0.6 is 11.6 Å². The Balaban J connectivity index is 1.58. The van der Waals surface area contributed by atoms with Gasteiger partial charge in [0.05, 0.1) is 13.2 Å². The van der Waals surface area contributed by atoms with Crippen molar-refractivity contribution in [1.29, 1.82) is 0 Å². The molecule has 0 saturated heterocycles. The highest BCUT2D eigenvalue weighted by Crippen LogP contribution is 2.31. The van der Waals surface area contributed by atoms with Crippen molar-refractivity contribution in [2.75, 3.05) is 7.11 Å². The number of nitrogens with one attached hydrogen (secondary N) is 1. The normalized spacial score (nSPS) is 13.1. The van der Waals surface area contributed by atoms with Crippen LogP contribution in [0.15, 0.2) is 60.7 Å². The second kappa shape index (κ2) is 12.0. The first-order valence-corrected chi connectivity index (χ1v) is 14.2.